The van der Waals surface area contributed by atoms with Crippen LogP contribution in [0.1, 0.15) is 0 Å². The summed E-state index contributed by atoms with van der Waals surface area (Å²) in [5, 5.41) is 5.79. The average Bonchev–Trinajstić information content (AvgIpc) is 3.37. The number of hydrogen-bond acceptors (Lipinski definition) is 5. The highest BCUT2D eigenvalue weighted by Gasteiger charge is 2.25. The van der Waals surface area contributed by atoms with E-state index in [9.17, 15) is 17.2 Å². The molecule has 1 aliphatic heterocycles. The third kappa shape index (κ3) is 3.76. The zero-order valence-corrected chi connectivity index (χ0v) is 18.1. The number of thioether (sulfide) groups is 1. The largest absolute Gasteiger partial charge is 0.280 e. The van der Waals surface area contributed by atoms with Crippen LogP contribution in [0.25, 0.3) is 22.4 Å². The van der Waals surface area contributed by atoms with Gasteiger partial charge in [-0.1, -0.05) is 12.1 Å². The molecular formula is C22H16F2N4O2S2. The molecule has 2 aromatic heterocycles. The Kier molecular flexibility index (Phi) is 5.18. The van der Waals surface area contributed by atoms with E-state index in [-0.39, 0.29) is 5.69 Å². The standard InChI is InChI=1S/C22H16F2N4O2S2/c23-16-4-5-18(24)19(13-16)32(29,30)27-17-3-1-2-15(12-17)21-20(14-6-8-25-9-7-14)22-28(26-21)10-11-31-22/h1-9,12-13,27H,10-11H2. The highest BCUT2D eigenvalue weighted by atomic mass is 32.2. The first-order valence-corrected chi connectivity index (χ1v) is 12.1. The zero-order chi connectivity index (χ0) is 22.3. The molecule has 6 nitrogen and oxygen atoms in total. The lowest BCUT2D eigenvalue weighted by Crippen LogP contribution is -2.15. The highest BCUT2D eigenvalue weighted by molar-refractivity contribution is 7.99. The summed E-state index contributed by atoms with van der Waals surface area (Å²) in [5.41, 5.74) is 3.52. The molecule has 3 heterocycles. The van der Waals surface area contributed by atoms with Crippen molar-refractivity contribution < 1.29 is 17.2 Å². The second-order valence-corrected chi connectivity index (χ2v) is 9.83. The van der Waals surface area contributed by atoms with Crippen molar-refractivity contribution in [2.45, 2.75) is 16.5 Å². The van der Waals surface area contributed by atoms with Crippen molar-refractivity contribution in [2.24, 2.45) is 0 Å². The van der Waals surface area contributed by atoms with Crippen molar-refractivity contribution >= 4 is 27.5 Å². The maximum absolute atomic E-state index is 14.0. The van der Waals surface area contributed by atoms with Crippen molar-refractivity contribution in [3.05, 3.63) is 78.6 Å². The third-order valence-corrected chi connectivity index (χ3v) is 7.46. The van der Waals surface area contributed by atoms with E-state index < -0.39 is 26.6 Å². The van der Waals surface area contributed by atoms with Crippen LogP contribution in [0.5, 0.6) is 0 Å². The van der Waals surface area contributed by atoms with Gasteiger partial charge in [0.2, 0.25) is 0 Å². The number of aryl methyl sites for hydroxylation is 1. The molecule has 0 radical (unpaired) electrons. The number of fused-ring (bicyclic) bond motifs is 1. The molecule has 4 aromatic rings. The lowest BCUT2D eigenvalue weighted by atomic mass is 10.0. The number of pyridine rings is 1. The van der Waals surface area contributed by atoms with Crippen LogP contribution in [-0.4, -0.2) is 28.9 Å². The highest BCUT2D eigenvalue weighted by Crippen LogP contribution is 2.42. The summed E-state index contributed by atoms with van der Waals surface area (Å²) in [7, 11) is -4.33. The number of nitrogens with zero attached hydrogens (tertiary/aromatic N) is 3. The molecule has 0 atom stereocenters. The van der Waals surface area contributed by atoms with E-state index in [4.69, 9.17) is 5.10 Å². The summed E-state index contributed by atoms with van der Waals surface area (Å²) < 4.78 is 57.2. The van der Waals surface area contributed by atoms with Crippen LogP contribution in [0.3, 0.4) is 0 Å². The van der Waals surface area contributed by atoms with E-state index in [0.717, 1.165) is 40.6 Å². The van der Waals surface area contributed by atoms with E-state index in [1.165, 1.54) is 0 Å². The summed E-state index contributed by atoms with van der Waals surface area (Å²) >= 11 is 1.71. The van der Waals surface area contributed by atoms with E-state index in [2.05, 4.69) is 9.71 Å². The number of anilines is 1. The smallest absolute Gasteiger partial charge is 0.264 e. The Morgan fingerprint density at radius 3 is 2.62 bits per heavy atom. The van der Waals surface area contributed by atoms with Crippen LogP contribution in [-0.2, 0) is 16.6 Å². The molecule has 0 spiro atoms. The molecule has 0 saturated heterocycles. The molecule has 1 aliphatic rings. The molecule has 10 heteroatoms. The fourth-order valence-corrected chi connectivity index (χ4v) is 5.81. The van der Waals surface area contributed by atoms with Crippen molar-refractivity contribution in [1.29, 1.82) is 0 Å². The molecule has 0 saturated carbocycles. The molecule has 0 amide bonds. The van der Waals surface area contributed by atoms with Gasteiger partial charge in [-0.25, -0.2) is 17.2 Å². The first-order chi connectivity index (χ1) is 15.4. The van der Waals surface area contributed by atoms with Crippen molar-refractivity contribution in [1.82, 2.24) is 14.8 Å². The van der Waals surface area contributed by atoms with Crippen LogP contribution < -0.4 is 4.72 Å². The number of halogens is 2. The van der Waals surface area contributed by atoms with Crippen LogP contribution >= 0.6 is 11.8 Å². The van der Waals surface area contributed by atoms with Crippen LogP contribution in [0.2, 0.25) is 0 Å². The molecule has 0 unspecified atom stereocenters. The Labute approximate surface area is 187 Å². The number of benzene rings is 2. The molecule has 162 valence electrons. The summed E-state index contributed by atoms with van der Waals surface area (Å²) in [6.45, 7) is 0.781. The van der Waals surface area contributed by atoms with Gasteiger partial charge in [-0.15, -0.1) is 11.8 Å². The van der Waals surface area contributed by atoms with Crippen molar-refractivity contribution in [3.8, 4) is 22.4 Å². The normalized spacial score (nSPS) is 13.2. The summed E-state index contributed by atoms with van der Waals surface area (Å²) in [6.07, 6.45) is 3.42. The van der Waals surface area contributed by atoms with Gasteiger partial charge in [0.15, 0.2) is 0 Å². The molecule has 1 N–H and O–H groups in total. The first-order valence-electron chi connectivity index (χ1n) is 9.65. The predicted molar refractivity (Wildman–Crippen MR) is 119 cm³/mol. The van der Waals surface area contributed by atoms with Gasteiger partial charge in [0, 0.05) is 35.0 Å². The quantitative estimate of drug-likeness (QED) is 0.454. The molecule has 2 aromatic carbocycles. The minimum Gasteiger partial charge on any atom is -0.280 e. The van der Waals surface area contributed by atoms with Crippen LogP contribution in [0.15, 0.2) is 76.9 Å². The van der Waals surface area contributed by atoms with Gasteiger partial charge in [0.1, 0.15) is 27.2 Å². The monoisotopic (exact) mass is 470 g/mol. The SMILES string of the molecule is O=S(=O)(Nc1cccc(-c2nn3c(c2-c2ccncc2)SCC3)c1)c1cc(F)ccc1F. The Bertz CT molecular complexity index is 1420. The summed E-state index contributed by atoms with van der Waals surface area (Å²) in [4.78, 5) is 3.33. The van der Waals surface area contributed by atoms with Gasteiger partial charge < -0.3 is 0 Å². The average molecular weight is 471 g/mol. The Morgan fingerprint density at radius 2 is 1.81 bits per heavy atom. The third-order valence-electron chi connectivity index (χ3n) is 4.99. The number of rotatable bonds is 5. The van der Waals surface area contributed by atoms with Gasteiger partial charge in [-0.2, -0.15) is 5.10 Å². The van der Waals surface area contributed by atoms with E-state index in [1.807, 2.05) is 22.9 Å². The molecule has 0 fully saturated rings. The Morgan fingerprint density at radius 1 is 1.00 bits per heavy atom. The summed E-state index contributed by atoms with van der Waals surface area (Å²) in [5.74, 6) is -0.940. The van der Waals surface area contributed by atoms with E-state index >= 15 is 0 Å². The minimum atomic E-state index is -4.33. The summed E-state index contributed by atoms with van der Waals surface area (Å²) in [6, 6.07) is 12.8. The second kappa shape index (κ2) is 8.03. The van der Waals surface area contributed by atoms with Gasteiger partial charge in [0.05, 0.1) is 6.54 Å². The predicted octanol–water partition coefficient (Wildman–Crippen LogP) is 4.80. The van der Waals surface area contributed by atoms with E-state index in [0.29, 0.717) is 17.3 Å². The molecule has 0 aliphatic carbocycles. The van der Waals surface area contributed by atoms with Crippen molar-refractivity contribution in [3.63, 3.8) is 0 Å². The molecule has 32 heavy (non-hydrogen) atoms. The van der Waals surface area contributed by atoms with Gasteiger partial charge in [0.25, 0.3) is 10.0 Å². The Hall–Kier alpha value is -3.24. The lowest BCUT2D eigenvalue weighted by molar-refractivity contribution is 0.555. The number of nitrogens with one attached hydrogen (secondary N) is 1. The first kappa shape index (κ1) is 20.7. The number of aromatic nitrogens is 3. The minimum absolute atomic E-state index is 0.215. The number of hydrogen-bond donors (Lipinski definition) is 1. The van der Waals surface area contributed by atoms with Crippen LogP contribution in [0, 0.1) is 11.6 Å². The van der Waals surface area contributed by atoms with Crippen molar-refractivity contribution in [2.75, 3.05) is 10.5 Å². The second-order valence-electron chi connectivity index (χ2n) is 7.10. The zero-order valence-electron chi connectivity index (χ0n) is 16.5. The maximum atomic E-state index is 14.0. The molecule has 0 bridgehead atoms. The fourth-order valence-electron chi connectivity index (χ4n) is 3.58. The van der Waals surface area contributed by atoms with Gasteiger partial charge >= 0.3 is 0 Å². The molecular weight excluding hydrogens is 454 g/mol. The van der Waals surface area contributed by atoms with Gasteiger partial charge in [-0.05, 0) is 48.0 Å². The van der Waals surface area contributed by atoms with E-state index in [1.54, 1.807) is 42.4 Å². The topological polar surface area (TPSA) is 76.9 Å². The fraction of sp³-hybridized carbons (Fsp3) is 0.0909. The van der Waals surface area contributed by atoms with Gasteiger partial charge in [-0.3, -0.25) is 14.4 Å². The number of sulfonamides is 1. The van der Waals surface area contributed by atoms with Crippen LogP contribution in [0.4, 0.5) is 14.5 Å². The Balaban J connectivity index is 1.56. The maximum Gasteiger partial charge on any atom is 0.264 e. The molecule has 5 rings (SSSR count). The lowest BCUT2D eigenvalue weighted by Gasteiger charge is -2.11.